The highest BCUT2D eigenvalue weighted by Gasteiger charge is 2.02. The van der Waals surface area contributed by atoms with Crippen molar-refractivity contribution in [3.05, 3.63) is 35.6 Å². The van der Waals surface area contributed by atoms with Gasteiger partial charge in [-0.1, -0.05) is 32.0 Å². The van der Waals surface area contributed by atoms with Gasteiger partial charge in [-0.05, 0) is 24.8 Å². The molecule has 1 aromatic carbocycles. The molecule has 4 heteroatoms. The number of benzene rings is 1. The number of rotatable bonds is 6. The van der Waals surface area contributed by atoms with E-state index in [2.05, 4.69) is 29.5 Å². The summed E-state index contributed by atoms with van der Waals surface area (Å²) in [7, 11) is 1.72. The Morgan fingerprint density at radius 3 is 2.63 bits per heavy atom. The van der Waals surface area contributed by atoms with Gasteiger partial charge in [-0.25, -0.2) is 4.39 Å². The molecule has 1 aromatic rings. The molecular formula is C15H24FN3. The lowest BCUT2D eigenvalue weighted by molar-refractivity contribution is 0.549. The Kier molecular flexibility index (Phi) is 6.93. The van der Waals surface area contributed by atoms with Crippen LogP contribution in [0.5, 0.6) is 0 Å². The second kappa shape index (κ2) is 8.51. The Balaban J connectivity index is 2.32. The van der Waals surface area contributed by atoms with Crippen LogP contribution >= 0.6 is 0 Å². The molecule has 0 aliphatic rings. The summed E-state index contributed by atoms with van der Waals surface area (Å²) in [6.07, 6.45) is 2.30. The fourth-order valence-electron chi connectivity index (χ4n) is 1.76. The monoisotopic (exact) mass is 265 g/mol. The minimum atomic E-state index is -0.190. The maximum Gasteiger partial charge on any atom is 0.191 e. The van der Waals surface area contributed by atoms with Crippen molar-refractivity contribution in [1.29, 1.82) is 0 Å². The van der Waals surface area contributed by atoms with Crippen LogP contribution in [-0.2, 0) is 6.54 Å². The number of nitrogens with zero attached hydrogens (tertiary/aromatic N) is 1. The van der Waals surface area contributed by atoms with Crippen LogP contribution in [0, 0.1) is 11.7 Å². The number of nitrogens with one attached hydrogen (secondary N) is 2. The lowest BCUT2D eigenvalue weighted by atomic mass is 10.1. The molecule has 0 aliphatic carbocycles. The van der Waals surface area contributed by atoms with Crippen LogP contribution in [0.3, 0.4) is 0 Å². The molecule has 0 aliphatic heterocycles. The van der Waals surface area contributed by atoms with Gasteiger partial charge in [0.25, 0.3) is 0 Å². The van der Waals surface area contributed by atoms with E-state index in [0.717, 1.165) is 18.9 Å². The first-order valence-corrected chi connectivity index (χ1v) is 6.81. The van der Waals surface area contributed by atoms with Gasteiger partial charge >= 0.3 is 0 Å². The van der Waals surface area contributed by atoms with E-state index >= 15 is 0 Å². The molecule has 1 rings (SSSR count). The zero-order valence-corrected chi connectivity index (χ0v) is 12.0. The van der Waals surface area contributed by atoms with E-state index in [1.807, 2.05) is 6.07 Å². The smallest absolute Gasteiger partial charge is 0.191 e. The summed E-state index contributed by atoms with van der Waals surface area (Å²) in [5.74, 6) is 1.24. The second-order valence-electron chi connectivity index (χ2n) is 4.98. The SMILES string of the molecule is CN=C(NCCCC(C)C)NCc1ccccc1F. The molecule has 0 amide bonds. The summed E-state index contributed by atoms with van der Waals surface area (Å²) >= 11 is 0. The molecule has 0 saturated carbocycles. The predicted octanol–water partition coefficient (Wildman–Crippen LogP) is 2.93. The third-order valence-corrected chi connectivity index (χ3v) is 2.88. The van der Waals surface area contributed by atoms with E-state index in [4.69, 9.17) is 0 Å². The summed E-state index contributed by atoms with van der Waals surface area (Å²) in [6.45, 7) is 5.75. The van der Waals surface area contributed by atoms with Gasteiger partial charge in [0.2, 0.25) is 0 Å². The third kappa shape index (κ3) is 6.22. The van der Waals surface area contributed by atoms with Crippen molar-refractivity contribution in [2.45, 2.75) is 33.2 Å². The van der Waals surface area contributed by atoms with E-state index in [1.165, 1.54) is 12.5 Å². The lowest BCUT2D eigenvalue weighted by Gasteiger charge is -2.12. The predicted molar refractivity (Wildman–Crippen MR) is 78.7 cm³/mol. The normalized spacial score (nSPS) is 11.7. The molecule has 19 heavy (non-hydrogen) atoms. The van der Waals surface area contributed by atoms with Gasteiger partial charge in [0.15, 0.2) is 5.96 Å². The van der Waals surface area contributed by atoms with Crippen LogP contribution in [0.4, 0.5) is 4.39 Å². The van der Waals surface area contributed by atoms with E-state index < -0.39 is 0 Å². The highest BCUT2D eigenvalue weighted by Crippen LogP contribution is 2.05. The Morgan fingerprint density at radius 2 is 2.00 bits per heavy atom. The van der Waals surface area contributed by atoms with Gasteiger partial charge in [-0.2, -0.15) is 0 Å². The van der Waals surface area contributed by atoms with Crippen LogP contribution in [0.1, 0.15) is 32.3 Å². The molecule has 0 aromatic heterocycles. The number of guanidine groups is 1. The van der Waals surface area contributed by atoms with Gasteiger partial charge in [0, 0.05) is 25.7 Å². The van der Waals surface area contributed by atoms with Crippen LogP contribution < -0.4 is 10.6 Å². The zero-order chi connectivity index (χ0) is 14.1. The third-order valence-electron chi connectivity index (χ3n) is 2.88. The minimum absolute atomic E-state index is 0.190. The Labute approximate surface area is 115 Å². The van der Waals surface area contributed by atoms with E-state index in [-0.39, 0.29) is 5.82 Å². The van der Waals surface area contributed by atoms with Gasteiger partial charge in [-0.3, -0.25) is 4.99 Å². The van der Waals surface area contributed by atoms with E-state index in [1.54, 1.807) is 19.2 Å². The molecule has 0 saturated heterocycles. The van der Waals surface area contributed by atoms with Crippen molar-refractivity contribution >= 4 is 5.96 Å². The molecular weight excluding hydrogens is 241 g/mol. The average molecular weight is 265 g/mol. The van der Waals surface area contributed by atoms with Gasteiger partial charge in [0.05, 0.1) is 0 Å². The van der Waals surface area contributed by atoms with Crippen molar-refractivity contribution in [2.75, 3.05) is 13.6 Å². The number of aliphatic imine (C=N–C) groups is 1. The van der Waals surface area contributed by atoms with Crippen molar-refractivity contribution in [3.63, 3.8) is 0 Å². The zero-order valence-electron chi connectivity index (χ0n) is 12.0. The van der Waals surface area contributed by atoms with Crippen LogP contribution in [0.2, 0.25) is 0 Å². The summed E-state index contributed by atoms with van der Waals surface area (Å²) < 4.78 is 13.4. The summed E-state index contributed by atoms with van der Waals surface area (Å²) in [6, 6.07) is 6.76. The van der Waals surface area contributed by atoms with Crippen molar-refractivity contribution < 1.29 is 4.39 Å². The fraction of sp³-hybridized carbons (Fsp3) is 0.533. The Bertz CT molecular complexity index is 402. The molecule has 2 N–H and O–H groups in total. The highest BCUT2D eigenvalue weighted by atomic mass is 19.1. The Hall–Kier alpha value is -1.58. The molecule has 0 unspecified atom stereocenters. The van der Waals surface area contributed by atoms with Gasteiger partial charge in [-0.15, -0.1) is 0 Å². The number of halogens is 1. The largest absolute Gasteiger partial charge is 0.356 e. The van der Waals surface area contributed by atoms with Gasteiger partial charge < -0.3 is 10.6 Å². The molecule has 0 heterocycles. The summed E-state index contributed by atoms with van der Waals surface area (Å²) in [4.78, 5) is 4.12. The van der Waals surface area contributed by atoms with Crippen molar-refractivity contribution in [3.8, 4) is 0 Å². The quantitative estimate of drug-likeness (QED) is 0.471. The standard InChI is InChI=1S/C15H24FN3/c1-12(2)7-6-10-18-15(17-3)19-11-13-8-4-5-9-14(13)16/h4-5,8-9,12H,6-7,10-11H2,1-3H3,(H2,17,18,19). The molecule has 0 radical (unpaired) electrons. The molecule has 0 atom stereocenters. The summed E-state index contributed by atoms with van der Waals surface area (Å²) in [5, 5.41) is 6.34. The van der Waals surface area contributed by atoms with E-state index in [9.17, 15) is 4.39 Å². The maximum absolute atomic E-state index is 13.4. The van der Waals surface area contributed by atoms with Gasteiger partial charge in [0.1, 0.15) is 5.82 Å². The maximum atomic E-state index is 13.4. The molecule has 0 fully saturated rings. The summed E-state index contributed by atoms with van der Waals surface area (Å²) in [5.41, 5.74) is 0.646. The molecule has 106 valence electrons. The van der Waals surface area contributed by atoms with E-state index in [0.29, 0.717) is 18.1 Å². The fourth-order valence-corrected chi connectivity index (χ4v) is 1.76. The van der Waals surface area contributed by atoms with Crippen LogP contribution in [0.25, 0.3) is 0 Å². The number of hydrogen-bond donors (Lipinski definition) is 2. The minimum Gasteiger partial charge on any atom is -0.356 e. The van der Waals surface area contributed by atoms with Crippen molar-refractivity contribution in [2.24, 2.45) is 10.9 Å². The average Bonchev–Trinajstić information content (AvgIpc) is 2.39. The molecule has 3 nitrogen and oxygen atoms in total. The molecule has 0 bridgehead atoms. The van der Waals surface area contributed by atoms with Crippen LogP contribution in [0.15, 0.2) is 29.3 Å². The molecule has 0 spiro atoms. The first kappa shape index (κ1) is 15.5. The Morgan fingerprint density at radius 1 is 1.26 bits per heavy atom. The topological polar surface area (TPSA) is 36.4 Å². The first-order valence-electron chi connectivity index (χ1n) is 6.81. The highest BCUT2D eigenvalue weighted by molar-refractivity contribution is 5.79. The van der Waals surface area contributed by atoms with Crippen LogP contribution in [-0.4, -0.2) is 19.6 Å². The lowest BCUT2D eigenvalue weighted by Crippen LogP contribution is -2.37. The second-order valence-corrected chi connectivity index (χ2v) is 4.98. The number of hydrogen-bond acceptors (Lipinski definition) is 1. The first-order chi connectivity index (χ1) is 9.13. The van der Waals surface area contributed by atoms with Crippen molar-refractivity contribution in [1.82, 2.24) is 10.6 Å².